The van der Waals surface area contributed by atoms with E-state index in [9.17, 15) is 61.5 Å². The number of methoxy groups -OCH3 is 5. The third-order valence-electron chi connectivity index (χ3n) is 19.8. The van der Waals surface area contributed by atoms with Crippen molar-refractivity contribution in [3.8, 4) is 17.2 Å². The van der Waals surface area contributed by atoms with E-state index in [1.165, 1.54) is 86.5 Å². The third kappa shape index (κ3) is 62.1. The average Bonchev–Trinajstić information content (AvgIpc) is 0.815. The molecule has 5 aliphatic rings. The molecule has 0 radical (unpaired) electrons. The van der Waals surface area contributed by atoms with Crippen LogP contribution >= 0.6 is 153 Å². The minimum absolute atomic E-state index is 0. The van der Waals surface area contributed by atoms with Gasteiger partial charge >= 0.3 is 174 Å². The fourth-order valence-electron chi connectivity index (χ4n) is 13.5. The number of ether oxygens (including phenoxy) is 5. The van der Waals surface area contributed by atoms with Crippen LogP contribution in [0.25, 0.3) is 0 Å². The standard InChI is InChI=1S/C16H19F3O2.C16H20O4.C15H20O3.C15H18O3.C12H14O2.C5H11O5P.2C2H5I.C2H6.CH4.2CH3.5HI.O3S.2V/c1-21-15(20)10-11-2-4-12(5-3-11)13-6-8-14(9-7-13)16(17,18)19;1-20-15(17)10-11-2-4-12(5-3-11)13-6-8-14(9-7-13)16(18)19;2*1-18-15(17)10-11-2-4-12(5-3-11)13-6-8-14(16)9-7-13;13-11-5-1-9(2-6-11)10-3-7-12(14)8-4-10;1-8-5(6)4-11(7,9-2)10-3;2*1-2-3;1-2;;;;;;;;;1-4(2)3;;/h6-9,11-12H,2-5,10H2,1H3;6-9,11-12H,2-5,10H2,1H3,(H,18,19);6-9,11-12,16H,2-5,10H2,1H3;6-10,12,16H,2-5H2,1H3;1-2,5-6,10,13H,3-4,7-8H2;4H2,1-3H3;2*2H2,1H3;1-2H3;1H4;2*1H3;5*1H;;;/q;;;;;;;;;;2*-1;;;;;;;+2;+3/p-5. The summed E-state index contributed by atoms with van der Waals surface area (Å²) < 4.78 is 108. The zero-order valence-electron chi connectivity index (χ0n) is 72.3. The van der Waals surface area contributed by atoms with Crippen molar-refractivity contribution in [2.45, 2.75) is 219 Å². The number of ketones is 1. The summed E-state index contributed by atoms with van der Waals surface area (Å²) in [4.78, 5) is 77.0. The number of allylic oxidation sites excluding steroid dienone is 1. The first-order valence-electron chi connectivity index (χ1n) is 39.1. The van der Waals surface area contributed by atoms with Gasteiger partial charge < -0.3 is 68.0 Å². The fraction of sp³-hybridized carbons (Fsp3) is 0.534. The van der Waals surface area contributed by atoms with Gasteiger partial charge in [-0.1, -0.05) is 147 Å². The van der Waals surface area contributed by atoms with Crippen molar-refractivity contribution in [2.75, 3.05) is 64.8 Å². The Morgan fingerprint density at radius 2 is 0.702 bits per heavy atom. The van der Waals surface area contributed by atoms with Gasteiger partial charge in [0.05, 0.1) is 46.7 Å². The van der Waals surface area contributed by atoms with Gasteiger partial charge in [-0.25, -0.2) is 9.59 Å². The molecule has 5 aromatic carbocycles. The van der Waals surface area contributed by atoms with Crippen LogP contribution < -0.4 is 0 Å². The van der Waals surface area contributed by atoms with E-state index in [1.807, 2.05) is 62.4 Å². The SMILES string of the molecule is C.CC.CCI.CCI.COC(=O)C=C1CCC(c2ccc(O)cc2)CC1.COC(=O)CC1CCC(c2ccc(C(=O)O)cc2)CC1.COC(=O)CC1CCC(c2ccc(C(F)(F)F)cc2)CC1.COC(=O)CC1CCC(c2ccc(O)cc2)CC1.COC(=O)CP(=O)(OC)OC.O=C1CCC(c2ccc(O)cc2)CC1.O=S(=O)=O.[CH3-].[CH3-].[I][V]([I])[I].[I][V][I]. The van der Waals surface area contributed by atoms with Crippen LogP contribution in [0.1, 0.15) is 256 Å². The Kier molecular flexibility index (Phi) is 81.9. The van der Waals surface area contributed by atoms with Crippen LogP contribution in [-0.2, 0) is 97.2 Å². The number of benzene rings is 5. The molecule has 0 bridgehead atoms. The van der Waals surface area contributed by atoms with E-state index in [1.54, 1.807) is 66.7 Å². The molecule has 22 nitrogen and oxygen atoms in total. The summed E-state index contributed by atoms with van der Waals surface area (Å²) in [6.45, 7) is 8.22. The molecule has 36 heteroatoms. The van der Waals surface area contributed by atoms with Gasteiger partial charge in [0.2, 0.25) is 0 Å². The number of Topliss-reactive ketones (excluding diaryl/α,β-unsaturated/α-hetero) is 1. The molecule has 5 aliphatic carbocycles. The monoisotopic (exact) mass is 2650 g/mol. The Bertz CT molecular complexity index is 3840. The topological polar surface area (TPSA) is 333 Å². The summed E-state index contributed by atoms with van der Waals surface area (Å²) in [5, 5.41) is 36.6. The fourth-order valence-corrected chi connectivity index (χ4v) is 14.4. The summed E-state index contributed by atoms with van der Waals surface area (Å²) >= 11 is 16.7. The second kappa shape index (κ2) is 78.1. The Balaban J connectivity index is -0.000000439. The van der Waals surface area contributed by atoms with Crippen molar-refractivity contribution in [3.63, 3.8) is 0 Å². The number of hydrogen-bond donors (Lipinski definition) is 4. The predicted octanol–water partition coefficient (Wildman–Crippen LogP) is 26.3. The Labute approximate surface area is 831 Å². The van der Waals surface area contributed by atoms with E-state index in [2.05, 4.69) is 182 Å². The van der Waals surface area contributed by atoms with E-state index < -0.39 is 41.9 Å². The Morgan fingerprint density at radius 3 is 0.927 bits per heavy atom. The number of halogens is 10. The molecule has 0 amide bonds. The zero-order valence-corrected chi connectivity index (χ0v) is 91.9. The Morgan fingerprint density at radius 1 is 0.468 bits per heavy atom. The molecule has 124 heavy (non-hydrogen) atoms. The number of hydrogen-bond acceptors (Lipinski definition) is 21. The van der Waals surface area contributed by atoms with Gasteiger partial charge in [0.1, 0.15) is 29.2 Å². The molecule has 0 heterocycles. The number of esters is 5. The van der Waals surface area contributed by atoms with E-state index in [0.29, 0.717) is 118 Å². The number of aromatic hydroxyl groups is 3. The number of carbonyl (C=O) groups is 7. The molecular weight excluding hydrogens is 2520 g/mol. The molecule has 0 aromatic heterocycles. The van der Waals surface area contributed by atoms with Crippen LogP contribution in [0.2, 0.25) is 0 Å². The number of carboxylic acid groups (broad SMARTS) is 1. The molecule has 5 fully saturated rings. The second-order valence-corrected chi connectivity index (χ2v) is 80.3. The minimum atomic E-state index is -4.28. The predicted molar refractivity (Wildman–Crippen MR) is 539 cm³/mol. The number of carbonyl (C=O) groups excluding carboxylic acids is 6. The first kappa shape index (κ1) is 130. The van der Waals surface area contributed by atoms with Crippen molar-refractivity contribution < 1.29 is 131 Å². The molecule has 705 valence electrons. The zero-order chi connectivity index (χ0) is 92.1. The molecule has 5 saturated carbocycles. The van der Waals surface area contributed by atoms with Crippen LogP contribution in [0, 0.1) is 32.6 Å². The summed E-state index contributed by atoms with van der Waals surface area (Å²) in [6.07, 6.45) is 18.0. The van der Waals surface area contributed by atoms with Gasteiger partial charge in [-0.3, -0.25) is 28.5 Å². The molecule has 0 unspecified atom stereocenters. The number of rotatable bonds is 17. The first-order valence-corrected chi connectivity index (χ1v) is 67.4. The van der Waals surface area contributed by atoms with Crippen LogP contribution in [0.3, 0.4) is 0 Å². The third-order valence-corrected chi connectivity index (χ3v) is 21.6. The van der Waals surface area contributed by atoms with Crippen molar-refractivity contribution >= 4 is 205 Å². The van der Waals surface area contributed by atoms with Crippen LogP contribution in [0.4, 0.5) is 13.2 Å². The van der Waals surface area contributed by atoms with Crippen LogP contribution in [-0.4, -0.2) is 139 Å². The quantitative estimate of drug-likeness (QED) is 0.0128. The molecule has 0 atom stereocenters. The second-order valence-electron chi connectivity index (χ2n) is 27.4. The summed E-state index contributed by atoms with van der Waals surface area (Å²) in [5.74, 6) is 2.77. The number of phenolic OH excluding ortho intramolecular Hbond substituents is 3. The van der Waals surface area contributed by atoms with Gasteiger partial charge in [-0.15, -0.1) is 12.6 Å². The maximum atomic E-state index is 12.5. The average molecular weight is 2650 g/mol. The molecule has 10 rings (SSSR count). The van der Waals surface area contributed by atoms with Crippen molar-refractivity contribution in [1.82, 2.24) is 0 Å². The number of aromatic carboxylic acids is 1. The van der Waals surface area contributed by atoms with Gasteiger partial charge in [-0.2, -0.15) is 13.2 Å². The number of alkyl halides is 5. The van der Waals surface area contributed by atoms with Crippen LogP contribution in [0.5, 0.6) is 17.2 Å². The van der Waals surface area contributed by atoms with Gasteiger partial charge in [0, 0.05) is 52.4 Å². The molecular formula is C88H128F3I7O22PSV2-2. The summed E-state index contributed by atoms with van der Waals surface area (Å²) in [6, 6.07) is 34.9. The van der Waals surface area contributed by atoms with Crippen LogP contribution in [0.15, 0.2) is 133 Å². The molecule has 0 saturated heterocycles. The van der Waals surface area contributed by atoms with Crippen molar-refractivity contribution in [3.05, 3.63) is 187 Å². The molecule has 4 N–H and O–H groups in total. The first-order chi connectivity index (χ1) is 57.4. The van der Waals surface area contributed by atoms with Crippen molar-refractivity contribution in [2.24, 2.45) is 17.8 Å². The summed E-state index contributed by atoms with van der Waals surface area (Å²) in [7, 11) is 3.59. The Hall–Kier alpha value is -2.43. The van der Waals surface area contributed by atoms with Gasteiger partial charge in [-0.05, 0) is 260 Å². The van der Waals surface area contributed by atoms with Gasteiger partial charge in [0.25, 0.3) is 0 Å². The normalized spacial score (nSPS) is 17.7. The number of carboxylic acids is 1. The molecule has 5 aromatic rings. The molecule has 0 spiro atoms. The maximum absolute atomic E-state index is 12.5. The van der Waals surface area contributed by atoms with E-state index in [0.717, 1.165) is 133 Å². The van der Waals surface area contributed by atoms with Crippen molar-refractivity contribution in [1.29, 1.82) is 0 Å². The van der Waals surface area contributed by atoms with E-state index >= 15 is 0 Å². The molecule has 0 aliphatic heterocycles. The number of phenols is 3. The van der Waals surface area contributed by atoms with Gasteiger partial charge in [0.15, 0.2) is 0 Å². The summed E-state index contributed by atoms with van der Waals surface area (Å²) in [5.41, 5.74) is 6.87. The van der Waals surface area contributed by atoms with E-state index in [4.69, 9.17) is 32.3 Å². The van der Waals surface area contributed by atoms with E-state index in [-0.39, 0.29) is 57.2 Å².